The van der Waals surface area contributed by atoms with Gasteiger partial charge >= 0.3 is 0 Å². The van der Waals surface area contributed by atoms with Crippen molar-refractivity contribution in [3.63, 3.8) is 0 Å². The molecule has 2 aromatic rings. The molecule has 1 aromatic carbocycles. The molecule has 0 spiro atoms. The maximum Gasteiger partial charge on any atom is 0.245 e. The van der Waals surface area contributed by atoms with Crippen molar-refractivity contribution in [1.29, 1.82) is 0 Å². The zero-order valence-corrected chi connectivity index (χ0v) is 10.6. The molecule has 0 aliphatic carbocycles. The van der Waals surface area contributed by atoms with Gasteiger partial charge in [0.2, 0.25) is 11.9 Å². The summed E-state index contributed by atoms with van der Waals surface area (Å²) >= 11 is 0. The molecule has 1 aliphatic rings. The van der Waals surface area contributed by atoms with Gasteiger partial charge in [-0.15, -0.1) is 0 Å². The molecule has 1 fully saturated rings. The minimum absolute atomic E-state index is 0.113. The lowest BCUT2D eigenvalue weighted by Gasteiger charge is -2.14. The van der Waals surface area contributed by atoms with E-state index in [-0.39, 0.29) is 11.9 Å². The first-order valence-corrected chi connectivity index (χ1v) is 6.07. The number of nitrogens with zero attached hydrogens (tertiary/aromatic N) is 3. The van der Waals surface area contributed by atoms with E-state index in [4.69, 9.17) is 5.73 Å². The average molecular weight is 244 g/mol. The molecule has 5 nitrogen and oxygen atoms in total. The number of rotatable bonds is 1. The number of anilines is 1. The van der Waals surface area contributed by atoms with Crippen LogP contribution in [0.2, 0.25) is 0 Å². The minimum Gasteiger partial charge on any atom is -0.369 e. The molecule has 0 bridgehead atoms. The monoisotopic (exact) mass is 244 g/mol. The van der Waals surface area contributed by atoms with Gasteiger partial charge in [0.15, 0.2) is 0 Å². The van der Waals surface area contributed by atoms with Gasteiger partial charge in [0.25, 0.3) is 0 Å². The maximum absolute atomic E-state index is 12.1. The Morgan fingerprint density at radius 2 is 2.22 bits per heavy atom. The number of carbonyl (C=O) groups excluding carboxylic acids is 1. The Bertz CT molecular complexity index is 631. The number of likely N-dealkylation sites (tertiary alicyclic amines) is 1. The number of para-hydroxylation sites is 1. The number of carbonyl (C=O) groups is 1. The number of aromatic nitrogens is 2. The number of nitrogens with two attached hydrogens (primary N) is 1. The van der Waals surface area contributed by atoms with Crippen LogP contribution in [0, 0.1) is 6.92 Å². The average Bonchev–Trinajstić information content (AvgIpc) is 2.83. The fourth-order valence-electron chi connectivity index (χ4n) is 2.65. The highest BCUT2D eigenvalue weighted by atomic mass is 16.2. The summed E-state index contributed by atoms with van der Waals surface area (Å²) in [4.78, 5) is 18.2. The third kappa shape index (κ3) is 1.40. The number of benzene rings is 1. The molecule has 0 radical (unpaired) electrons. The largest absolute Gasteiger partial charge is 0.369 e. The second-order valence-corrected chi connectivity index (χ2v) is 4.85. The molecule has 2 heterocycles. The fraction of sp³-hybridized carbons (Fsp3) is 0.385. The van der Waals surface area contributed by atoms with E-state index in [1.807, 2.05) is 36.7 Å². The van der Waals surface area contributed by atoms with E-state index >= 15 is 0 Å². The van der Waals surface area contributed by atoms with Crippen molar-refractivity contribution in [1.82, 2.24) is 14.5 Å². The Morgan fingerprint density at radius 1 is 1.44 bits per heavy atom. The first-order valence-electron chi connectivity index (χ1n) is 6.07. The van der Waals surface area contributed by atoms with Crippen LogP contribution in [0.3, 0.4) is 0 Å². The van der Waals surface area contributed by atoms with Gasteiger partial charge < -0.3 is 10.6 Å². The summed E-state index contributed by atoms with van der Waals surface area (Å²) in [5.74, 6) is 0.537. The summed E-state index contributed by atoms with van der Waals surface area (Å²) in [6.45, 7) is 2.77. The minimum atomic E-state index is -0.207. The van der Waals surface area contributed by atoms with Crippen LogP contribution in [-0.4, -0.2) is 34.0 Å². The van der Waals surface area contributed by atoms with E-state index in [0.29, 0.717) is 5.95 Å². The van der Waals surface area contributed by atoms with Crippen molar-refractivity contribution in [2.75, 3.05) is 19.3 Å². The van der Waals surface area contributed by atoms with E-state index in [2.05, 4.69) is 4.98 Å². The summed E-state index contributed by atoms with van der Waals surface area (Å²) in [6, 6.07) is 5.74. The van der Waals surface area contributed by atoms with Crippen molar-refractivity contribution in [3.8, 4) is 0 Å². The zero-order chi connectivity index (χ0) is 12.9. The number of likely N-dealkylation sites (N-methyl/N-ethyl adjacent to an activating group) is 1. The number of amides is 1. The normalized spacial score (nSPS) is 20.0. The summed E-state index contributed by atoms with van der Waals surface area (Å²) in [5.41, 5.74) is 8.90. The van der Waals surface area contributed by atoms with Crippen LogP contribution in [0.15, 0.2) is 18.2 Å². The molecule has 18 heavy (non-hydrogen) atoms. The third-order valence-electron chi connectivity index (χ3n) is 3.66. The predicted molar refractivity (Wildman–Crippen MR) is 70.2 cm³/mol. The SMILES string of the molecule is Cc1cccc2c1nc(N)n2C1CCN(C)C1=O. The van der Waals surface area contributed by atoms with E-state index in [0.717, 1.165) is 29.6 Å². The summed E-state index contributed by atoms with van der Waals surface area (Å²) in [6.07, 6.45) is 0.791. The van der Waals surface area contributed by atoms with Crippen molar-refractivity contribution in [2.45, 2.75) is 19.4 Å². The first kappa shape index (κ1) is 11.1. The van der Waals surface area contributed by atoms with Gasteiger partial charge in [-0.05, 0) is 25.0 Å². The van der Waals surface area contributed by atoms with Crippen LogP contribution >= 0.6 is 0 Å². The van der Waals surface area contributed by atoms with Gasteiger partial charge in [0.1, 0.15) is 6.04 Å². The summed E-state index contributed by atoms with van der Waals surface area (Å²) in [7, 11) is 1.82. The van der Waals surface area contributed by atoms with E-state index in [1.54, 1.807) is 4.90 Å². The molecule has 5 heteroatoms. The van der Waals surface area contributed by atoms with Crippen molar-refractivity contribution < 1.29 is 4.79 Å². The van der Waals surface area contributed by atoms with E-state index in [1.165, 1.54) is 0 Å². The Labute approximate surface area is 105 Å². The molecular weight excluding hydrogens is 228 g/mol. The first-order chi connectivity index (χ1) is 8.59. The number of fused-ring (bicyclic) bond motifs is 1. The number of aryl methyl sites for hydroxylation is 1. The van der Waals surface area contributed by atoms with Crippen molar-refractivity contribution in [2.24, 2.45) is 0 Å². The van der Waals surface area contributed by atoms with Crippen LogP contribution in [-0.2, 0) is 4.79 Å². The molecule has 1 amide bonds. The lowest BCUT2D eigenvalue weighted by molar-refractivity contribution is -0.129. The quantitative estimate of drug-likeness (QED) is 0.823. The van der Waals surface area contributed by atoms with Gasteiger partial charge in [-0.1, -0.05) is 12.1 Å². The topological polar surface area (TPSA) is 64.2 Å². The standard InChI is InChI=1S/C13H16N4O/c1-8-4-3-5-9-11(8)15-13(14)17(9)10-6-7-16(2)12(10)18/h3-5,10H,6-7H2,1-2H3,(H2,14,15). The Hall–Kier alpha value is -2.04. The second-order valence-electron chi connectivity index (χ2n) is 4.85. The van der Waals surface area contributed by atoms with Gasteiger partial charge in [-0.2, -0.15) is 0 Å². The van der Waals surface area contributed by atoms with Crippen LogP contribution in [0.4, 0.5) is 5.95 Å². The molecule has 3 rings (SSSR count). The maximum atomic E-state index is 12.1. The number of imidazole rings is 1. The lowest BCUT2D eigenvalue weighted by Crippen LogP contribution is -2.25. The Morgan fingerprint density at radius 3 is 2.89 bits per heavy atom. The molecule has 1 aromatic heterocycles. The molecule has 94 valence electrons. The molecule has 1 atom stereocenters. The summed E-state index contributed by atoms with van der Waals surface area (Å²) < 4.78 is 1.87. The number of hydrogen-bond donors (Lipinski definition) is 1. The smallest absolute Gasteiger partial charge is 0.245 e. The summed E-state index contributed by atoms with van der Waals surface area (Å²) in [5, 5.41) is 0. The molecule has 2 N–H and O–H groups in total. The molecule has 1 unspecified atom stereocenters. The predicted octanol–water partition coefficient (Wildman–Crippen LogP) is 1.33. The lowest BCUT2D eigenvalue weighted by atomic mass is 10.2. The molecule has 1 aliphatic heterocycles. The fourth-order valence-corrected chi connectivity index (χ4v) is 2.65. The highest BCUT2D eigenvalue weighted by Crippen LogP contribution is 2.30. The van der Waals surface area contributed by atoms with E-state index in [9.17, 15) is 4.79 Å². The van der Waals surface area contributed by atoms with Crippen LogP contribution in [0.5, 0.6) is 0 Å². The van der Waals surface area contributed by atoms with Crippen molar-refractivity contribution >= 4 is 22.9 Å². The van der Waals surface area contributed by atoms with Gasteiger partial charge in [0, 0.05) is 13.6 Å². The van der Waals surface area contributed by atoms with Gasteiger partial charge in [-0.25, -0.2) is 4.98 Å². The highest BCUT2D eigenvalue weighted by Gasteiger charge is 2.32. The molecular formula is C13H16N4O. The second kappa shape index (κ2) is 3.73. The zero-order valence-electron chi connectivity index (χ0n) is 10.6. The molecule has 1 saturated heterocycles. The Kier molecular flexibility index (Phi) is 2.29. The third-order valence-corrected chi connectivity index (χ3v) is 3.66. The Balaban J connectivity index is 2.21. The number of hydrogen-bond acceptors (Lipinski definition) is 3. The van der Waals surface area contributed by atoms with Crippen LogP contribution in [0.25, 0.3) is 11.0 Å². The van der Waals surface area contributed by atoms with Crippen LogP contribution < -0.4 is 5.73 Å². The van der Waals surface area contributed by atoms with Crippen molar-refractivity contribution in [3.05, 3.63) is 23.8 Å². The van der Waals surface area contributed by atoms with Crippen LogP contribution in [0.1, 0.15) is 18.0 Å². The molecule has 0 saturated carbocycles. The van der Waals surface area contributed by atoms with Gasteiger partial charge in [0.05, 0.1) is 11.0 Å². The number of nitrogen functional groups attached to an aromatic ring is 1. The van der Waals surface area contributed by atoms with E-state index < -0.39 is 0 Å². The highest BCUT2D eigenvalue weighted by molar-refractivity contribution is 5.88. The van der Waals surface area contributed by atoms with Gasteiger partial charge in [-0.3, -0.25) is 9.36 Å².